The Balaban J connectivity index is 1.56. The van der Waals surface area contributed by atoms with Crippen LogP contribution >= 0.6 is 0 Å². The number of nitro benzene ring substituents is 1. The Morgan fingerprint density at radius 3 is 2.39 bits per heavy atom. The van der Waals surface area contributed by atoms with Crippen LogP contribution in [0.1, 0.15) is 39.5 Å². The average molecular weight is 415 g/mol. The van der Waals surface area contributed by atoms with E-state index in [1.54, 1.807) is 11.0 Å². The van der Waals surface area contributed by atoms with Gasteiger partial charge in [-0.2, -0.15) is 0 Å². The van der Waals surface area contributed by atoms with Gasteiger partial charge in [0.25, 0.3) is 11.6 Å². The molecule has 2 amide bonds. The fraction of sp³-hybridized carbons (Fsp3) is 0.167. The Bertz CT molecular complexity index is 1140. The first kappa shape index (κ1) is 20.3. The second-order valence-electron chi connectivity index (χ2n) is 7.57. The fourth-order valence-corrected chi connectivity index (χ4v) is 3.78. The Morgan fingerprint density at radius 2 is 1.74 bits per heavy atom. The minimum atomic E-state index is -0.490. The molecule has 3 aromatic rings. The van der Waals surface area contributed by atoms with Crippen LogP contribution in [0.25, 0.3) is 0 Å². The van der Waals surface area contributed by atoms with Crippen molar-refractivity contribution in [3.05, 3.63) is 105 Å². The summed E-state index contributed by atoms with van der Waals surface area (Å²) in [4.78, 5) is 37.9. The second kappa shape index (κ2) is 8.39. The molecule has 0 unspecified atom stereocenters. The van der Waals surface area contributed by atoms with E-state index >= 15 is 0 Å². The molecule has 0 aliphatic carbocycles. The summed E-state index contributed by atoms with van der Waals surface area (Å²) in [5, 5.41) is 13.6. The highest BCUT2D eigenvalue weighted by Crippen LogP contribution is 2.34. The lowest BCUT2D eigenvalue weighted by Crippen LogP contribution is -2.32. The Labute approximate surface area is 179 Å². The molecule has 1 aliphatic rings. The van der Waals surface area contributed by atoms with Crippen molar-refractivity contribution in [2.24, 2.45) is 0 Å². The molecule has 7 heteroatoms. The molecule has 1 N–H and O–H groups in total. The number of carbonyl (C=O) groups excluding carboxylic acids is 2. The SMILES string of the molecule is Cc1ccc([C@@H](CC(=O)Nc2ccc([N+](=O)[O-])cc2)N2Cc3ccccc3C2=O)cc1. The summed E-state index contributed by atoms with van der Waals surface area (Å²) in [6.45, 7) is 2.43. The zero-order valence-electron chi connectivity index (χ0n) is 16.9. The summed E-state index contributed by atoms with van der Waals surface area (Å²) in [6.07, 6.45) is 0.0692. The zero-order chi connectivity index (χ0) is 22.0. The molecule has 0 bridgehead atoms. The molecule has 0 radical (unpaired) electrons. The number of fused-ring (bicyclic) bond motifs is 1. The third-order valence-electron chi connectivity index (χ3n) is 5.43. The van der Waals surface area contributed by atoms with Crippen molar-refractivity contribution in [2.45, 2.75) is 25.9 Å². The largest absolute Gasteiger partial charge is 0.327 e. The van der Waals surface area contributed by atoms with E-state index in [4.69, 9.17) is 0 Å². The van der Waals surface area contributed by atoms with Crippen LogP contribution in [-0.4, -0.2) is 21.6 Å². The smallest absolute Gasteiger partial charge is 0.269 e. The minimum absolute atomic E-state index is 0.0454. The van der Waals surface area contributed by atoms with E-state index in [-0.39, 0.29) is 23.9 Å². The first-order chi connectivity index (χ1) is 14.9. The average Bonchev–Trinajstić information content (AvgIpc) is 3.10. The molecule has 7 nitrogen and oxygen atoms in total. The number of hydrogen-bond acceptors (Lipinski definition) is 4. The molecule has 1 atom stereocenters. The number of aryl methyl sites for hydroxylation is 1. The van der Waals surface area contributed by atoms with Gasteiger partial charge in [-0.15, -0.1) is 0 Å². The summed E-state index contributed by atoms with van der Waals surface area (Å²) >= 11 is 0. The maximum atomic E-state index is 13.0. The van der Waals surface area contributed by atoms with Gasteiger partial charge in [-0.05, 0) is 36.2 Å². The number of nitrogens with zero attached hydrogens (tertiary/aromatic N) is 2. The number of nitro groups is 1. The quantitative estimate of drug-likeness (QED) is 0.469. The normalized spacial score (nSPS) is 13.6. The molecular weight excluding hydrogens is 394 g/mol. The van der Waals surface area contributed by atoms with E-state index in [0.717, 1.165) is 16.7 Å². The molecule has 31 heavy (non-hydrogen) atoms. The molecule has 1 heterocycles. The lowest BCUT2D eigenvalue weighted by molar-refractivity contribution is -0.384. The summed E-state index contributed by atoms with van der Waals surface area (Å²) in [6, 6.07) is 20.5. The van der Waals surface area contributed by atoms with E-state index < -0.39 is 11.0 Å². The van der Waals surface area contributed by atoms with E-state index in [2.05, 4.69) is 5.32 Å². The molecule has 0 saturated carbocycles. The van der Waals surface area contributed by atoms with Gasteiger partial charge in [-0.1, -0.05) is 48.0 Å². The minimum Gasteiger partial charge on any atom is -0.327 e. The zero-order valence-corrected chi connectivity index (χ0v) is 16.9. The molecule has 1 aliphatic heterocycles. The Morgan fingerprint density at radius 1 is 1.06 bits per heavy atom. The van der Waals surface area contributed by atoms with Crippen LogP contribution in [0.5, 0.6) is 0 Å². The topological polar surface area (TPSA) is 92.5 Å². The van der Waals surface area contributed by atoms with Crippen molar-refractivity contribution in [1.82, 2.24) is 4.90 Å². The van der Waals surface area contributed by atoms with Crippen LogP contribution in [0.3, 0.4) is 0 Å². The van der Waals surface area contributed by atoms with Gasteiger partial charge in [0.1, 0.15) is 0 Å². The summed E-state index contributed by atoms with van der Waals surface area (Å²) in [5.74, 6) is -0.368. The van der Waals surface area contributed by atoms with Crippen molar-refractivity contribution >= 4 is 23.2 Å². The van der Waals surface area contributed by atoms with Gasteiger partial charge in [-0.25, -0.2) is 0 Å². The fourth-order valence-electron chi connectivity index (χ4n) is 3.78. The van der Waals surface area contributed by atoms with E-state index in [0.29, 0.717) is 17.8 Å². The molecule has 156 valence electrons. The van der Waals surface area contributed by atoms with E-state index in [1.165, 1.54) is 24.3 Å². The number of rotatable bonds is 6. The van der Waals surface area contributed by atoms with E-state index in [9.17, 15) is 19.7 Å². The predicted molar refractivity (Wildman–Crippen MR) is 117 cm³/mol. The molecule has 4 rings (SSSR count). The van der Waals surface area contributed by atoms with Gasteiger partial charge < -0.3 is 10.2 Å². The van der Waals surface area contributed by atoms with Gasteiger partial charge in [0.2, 0.25) is 5.91 Å². The number of amides is 2. The van der Waals surface area contributed by atoms with Crippen LogP contribution in [0.15, 0.2) is 72.8 Å². The predicted octanol–water partition coefficient (Wildman–Crippen LogP) is 4.63. The highest BCUT2D eigenvalue weighted by atomic mass is 16.6. The standard InChI is InChI=1S/C24H21N3O4/c1-16-6-8-17(9-7-16)22(26-15-18-4-2-3-5-21(18)24(26)29)14-23(28)25-19-10-12-20(13-11-19)27(30)31/h2-13,22H,14-15H2,1H3,(H,25,28)/t22-/m1/s1. The highest BCUT2D eigenvalue weighted by molar-refractivity contribution is 5.99. The molecule has 3 aromatic carbocycles. The van der Waals surface area contributed by atoms with Gasteiger partial charge in [0.15, 0.2) is 0 Å². The first-order valence-electron chi connectivity index (χ1n) is 9.92. The molecule has 0 spiro atoms. The van der Waals surface area contributed by atoms with Crippen LogP contribution in [0, 0.1) is 17.0 Å². The van der Waals surface area contributed by atoms with Crippen LogP contribution in [0.2, 0.25) is 0 Å². The number of benzene rings is 3. The molecular formula is C24H21N3O4. The summed E-state index contributed by atoms with van der Waals surface area (Å²) in [7, 11) is 0. The van der Waals surface area contributed by atoms with E-state index in [1.807, 2.05) is 49.4 Å². The highest BCUT2D eigenvalue weighted by Gasteiger charge is 2.34. The summed E-state index contributed by atoms with van der Waals surface area (Å²) in [5.41, 5.74) is 4.00. The van der Waals surface area contributed by atoms with Crippen LogP contribution in [0.4, 0.5) is 11.4 Å². The van der Waals surface area contributed by atoms with Crippen LogP contribution in [-0.2, 0) is 11.3 Å². The monoisotopic (exact) mass is 415 g/mol. The molecule has 0 saturated heterocycles. The number of hydrogen-bond donors (Lipinski definition) is 1. The third-order valence-corrected chi connectivity index (χ3v) is 5.43. The van der Waals surface area contributed by atoms with Gasteiger partial charge in [-0.3, -0.25) is 19.7 Å². The molecule has 0 fully saturated rings. The maximum absolute atomic E-state index is 13.0. The number of non-ortho nitro benzene ring substituents is 1. The Kier molecular flexibility index (Phi) is 5.49. The van der Waals surface area contributed by atoms with Crippen molar-refractivity contribution in [3.8, 4) is 0 Å². The number of carbonyl (C=O) groups is 2. The molecule has 0 aromatic heterocycles. The number of anilines is 1. The number of nitrogens with one attached hydrogen (secondary N) is 1. The Hall–Kier alpha value is -4.00. The van der Waals surface area contributed by atoms with Gasteiger partial charge in [0.05, 0.1) is 17.4 Å². The third kappa shape index (κ3) is 4.30. The summed E-state index contributed by atoms with van der Waals surface area (Å²) < 4.78 is 0. The first-order valence-corrected chi connectivity index (χ1v) is 9.92. The lowest BCUT2D eigenvalue weighted by atomic mass is 10.00. The lowest BCUT2D eigenvalue weighted by Gasteiger charge is -2.28. The van der Waals surface area contributed by atoms with Crippen molar-refractivity contribution < 1.29 is 14.5 Å². The maximum Gasteiger partial charge on any atom is 0.269 e. The second-order valence-corrected chi connectivity index (χ2v) is 7.57. The van der Waals surface area contributed by atoms with Crippen molar-refractivity contribution in [1.29, 1.82) is 0 Å². The van der Waals surface area contributed by atoms with Crippen molar-refractivity contribution in [3.63, 3.8) is 0 Å². The van der Waals surface area contributed by atoms with Gasteiger partial charge >= 0.3 is 0 Å². The van der Waals surface area contributed by atoms with Gasteiger partial charge in [0, 0.05) is 29.9 Å². The van der Waals surface area contributed by atoms with Crippen molar-refractivity contribution in [2.75, 3.05) is 5.32 Å². The van der Waals surface area contributed by atoms with Crippen LogP contribution < -0.4 is 5.32 Å².